The highest BCUT2D eigenvalue weighted by molar-refractivity contribution is 5.95. The predicted octanol–water partition coefficient (Wildman–Crippen LogP) is 4.00. The molecule has 3 aromatic rings. The fourth-order valence-corrected chi connectivity index (χ4v) is 3.86. The highest BCUT2D eigenvalue weighted by atomic mass is 16.5. The third-order valence-corrected chi connectivity index (χ3v) is 5.78. The summed E-state index contributed by atoms with van der Waals surface area (Å²) >= 11 is 0. The van der Waals surface area contributed by atoms with Gasteiger partial charge in [0.05, 0.1) is 26.0 Å². The predicted molar refractivity (Wildman–Crippen MR) is 128 cm³/mol. The first-order valence-electron chi connectivity index (χ1n) is 11.0. The lowest BCUT2D eigenvalue weighted by molar-refractivity contribution is 0.0931. The molecule has 1 atom stereocenters. The number of hydrogen-bond donors (Lipinski definition) is 1. The third kappa shape index (κ3) is 5.42. The Bertz CT molecular complexity index is 1190. The summed E-state index contributed by atoms with van der Waals surface area (Å²) in [5.74, 6) is 0.915. The Hall–Kier alpha value is -3.61. The first-order valence-corrected chi connectivity index (χ1v) is 11.0. The summed E-state index contributed by atoms with van der Waals surface area (Å²) in [5, 5.41) is 3.01. The van der Waals surface area contributed by atoms with Crippen LogP contribution in [-0.4, -0.2) is 29.7 Å². The smallest absolute Gasteiger partial charge is 0.263 e. The molecule has 0 radical (unpaired) electrons. The van der Waals surface area contributed by atoms with Gasteiger partial charge in [0.2, 0.25) is 0 Å². The number of carbonyl (C=O) groups is 1. The van der Waals surface area contributed by atoms with E-state index in [0.717, 1.165) is 16.8 Å². The van der Waals surface area contributed by atoms with Crippen molar-refractivity contribution < 1.29 is 14.3 Å². The molecular formula is C26H31N3O4. The summed E-state index contributed by atoms with van der Waals surface area (Å²) in [6.07, 6.45) is 4.72. The largest absolute Gasteiger partial charge is 0.493 e. The van der Waals surface area contributed by atoms with Crippen molar-refractivity contribution >= 4 is 5.91 Å². The van der Waals surface area contributed by atoms with Crippen LogP contribution in [0.4, 0.5) is 0 Å². The highest BCUT2D eigenvalue weighted by Crippen LogP contribution is 2.27. The molecule has 0 saturated heterocycles. The van der Waals surface area contributed by atoms with E-state index in [1.165, 1.54) is 0 Å². The lowest BCUT2D eigenvalue weighted by Gasteiger charge is -2.19. The number of ether oxygens (including phenoxy) is 2. The zero-order chi connectivity index (χ0) is 24.0. The van der Waals surface area contributed by atoms with Crippen molar-refractivity contribution in [3.8, 4) is 11.5 Å². The number of benzene rings is 1. The maximum atomic E-state index is 13.2. The van der Waals surface area contributed by atoms with Crippen molar-refractivity contribution in [1.29, 1.82) is 0 Å². The SMILES string of the molecule is CCC(NC(=O)c1c(C)ccn(CCc2ccc(OC)c(OC)c2)c1=O)c1ncccc1C. The van der Waals surface area contributed by atoms with Gasteiger partial charge in [-0.15, -0.1) is 0 Å². The van der Waals surface area contributed by atoms with Gasteiger partial charge in [0.15, 0.2) is 11.5 Å². The zero-order valence-corrected chi connectivity index (χ0v) is 19.8. The second-order valence-electron chi connectivity index (χ2n) is 7.95. The Morgan fingerprint density at radius 1 is 1.09 bits per heavy atom. The van der Waals surface area contributed by atoms with Crippen LogP contribution in [0.25, 0.3) is 0 Å². The minimum absolute atomic E-state index is 0.164. The van der Waals surface area contributed by atoms with E-state index in [4.69, 9.17) is 9.47 Å². The number of hydrogen-bond acceptors (Lipinski definition) is 5. The summed E-state index contributed by atoms with van der Waals surface area (Å²) in [6.45, 7) is 6.16. The summed E-state index contributed by atoms with van der Waals surface area (Å²) in [6, 6.07) is 11.0. The molecule has 33 heavy (non-hydrogen) atoms. The molecule has 0 aliphatic heterocycles. The van der Waals surface area contributed by atoms with Crippen LogP contribution in [0, 0.1) is 13.8 Å². The van der Waals surface area contributed by atoms with Crippen molar-refractivity contribution in [2.24, 2.45) is 0 Å². The number of carbonyl (C=O) groups excluding carboxylic acids is 1. The number of methoxy groups -OCH3 is 2. The molecule has 2 heterocycles. The van der Waals surface area contributed by atoms with Gasteiger partial charge in [-0.3, -0.25) is 14.6 Å². The van der Waals surface area contributed by atoms with E-state index in [1.54, 1.807) is 44.2 Å². The van der Waals surface area contributed by atoms with Crippen LogP contribution in [0.1, 0.15) is 52.1 Å². The van der Waals surface area contributed by atoms with E-state index < -0.39 is 0 Å². The molecule has 0 aliphatic carbocycles. The molecule has 1 aromatic carbocycles. The van der Waals surface area contributed by atoms with Gasteiger partial charge in [0.25, 0.3) is 11.5 Å². The van der Waals surface area contributed by atoms with E-state index >= 15 is 0 Å². The van der Waals surface area contributed by atoms with Gasteiger partial charge >= 0.3 is 0 Å². The molecule has 0 saturated carbocycles. The summed E-state index contributed by atoms with van der Waals surface area (Å²) < 4.78 is 12.2. The van der Waals surface area contributed by atoms with Crippen molar-refractivity contribution in [2.45, 2.75) is 46.2 Å². The molecule has 0 fully saturated rings. The molecule has 0 aliphatic rings. The molecule has 1 amide bonds. The van der Waals surface area contributed by atoms with E-state index in [0.29, 0.717) is 36.4 Å². The quantitative estimate of drug-likeness (QED) is 0.534. The number of rotatable bonds is 9. The molecule has 174 valence electrons. The number of pyridine rings is 2. The number of aryl methyl sites for hydroxylation is 4. The zero-order valence-electron chi connectivity index (χ0n) is 19.8. The van der Waals surface area contributed by atoms with Gasteiger partial charge in [-0.2, -0.15) is 0 Å². The minimum atomic E-state index is -0.380. The summed E-state index contributed by atoms with van der Waals surface area (Å²) in [5.41, 5.74) is 3.32. The van der Waals surface area contributed by atoms with Crippen molar-refractivity contribution in [3.63, 3.8) is 0 Å². The van der Waals surface area contributed by atoms with Gasteiger partial charge in [0, 0.05) is 18.9 Å². The maximum Gasteiger partial charge on any atom is 0.263 e. The Labute approximate surface area is 194 Å². The van der Waals surface area contributed by atoms with E-state index in [-0.39, 0.29) is 23.1 Å². The molecule has 0 bridgehead atoms. The Balaban J connectivity index is 1.81. The summed E-state index contributed by atoms with van der Waals surface area (Å²) in [7, 11) is 3.18. The van der Waals surface area contributed by atoms with E-state index in [9.17, 15) is 9.59 Å². The Morgan fingerprint density at radius 2 is 1.85 bits per heavy atom. The average molecular weight is 450 g/mol. The van der Waals surface area contributed by atoms with Crippen LogP contribution in [0.3, 0.4) is 0 Å². The van der Waals surface area contributed by atoms with E-state index in [2.05, 4.69) is 10.3 Å². The molecule has 1 unspecified atom stereocenters. The first-order chi connectivity index (χ1) is 15.9. The first kappa shape index (κ1) is 24.0. The standard InChI is InChI=1S/C26H31N3O4/c1-6-20(24-18(3)8-7-13-27-24)28-25(30)23-17(2)11-14-29(26(23)31)15-12-19-9-10-21(32-4)22(16-19)33-5/h7-11,13-14,16,20H,6,12,15H2,1-5H3,(H,28,30). The van der Waals surface area contributed by atoms with Crippen molar-refractivity contribution in [1.82, 2.24) is 14.9 Å². The molecular weight excluding hydrogens is 418 g/mol. The topological polar surface area (TPSA) is 82.5 Å². The van der Waals surface area contributed by atoms with Crippen LogP contribution in [0.15, 0.2) is 53.6 Å². The third-order valence-electron chi connectivity index (χ3n) is 5.78. The van der Waals surface area contributed by atoms with Gasteiger partial charge in [-0.25, -0.2) is 0 Å². The van der Waals surface area contributed by atoms with Gasteiger partial charge in [0.1, 0.15) is 5.56 Å². The van der Waals surface area contributed by atoms with Crippen LogP contribution in [0.2, 0.25) is 0 Å². The van der Waals surface area contributed by atoms with Crippen LogP contribution < -0.4 is 20.3 Å². The van der Waals surface area contributed by atoms with Crippen molar-refractivity contribution in [3.05, 3.63) is 87.1 Å². The van der Waals surface area contributed by atoms with Gasteiger partial charge in [-0.05, 0) is 67.6 Å². The van der Waals surface area contributed by atoms with Gasteiger partial charge in [-0.1, -0.05) is 19.1 Å². The van der Waals surface area contributed by atoms with Crippen molar-refractivity contribution in [2.75, 3.05) is 14.2 Å². The maximum absolute atomic E-state index is 13.2. The monoisotopic (exact) mass is 449 g/mol. The number of nitrogens with zero attached hydrogens (tertiary/aromatic N) is 2. The molecule has 1 N–H and O–H groups in total. The number of amides is 1. The Morgan fingerprint density at radius 3 is 2.52 bits per heavy atom. The highest BCUT2D eigenvalue weighted by Gasteiger charge is 2.21. The minimum Gasteiger partial charge on any atom is -0.493 e. The molecule has 0 spiro atoms. The molecule has 3 rings (SSSR count). The lowest BCUT2D eigenvalue weighted by atomic mass is 10.0. The number of aromatic nitrogens is 2. The average Bonchev–Trinajstić information content (AvgIpc) is 2.82. The fourth-order valence-electron chi connectivity index (χ4n) is 3.86. The van der Waals surface area contributed by atoms with Gasteiger partial charge < -0.3 is 19.4 Å². The summed E-state index contributed by atoms with van der Waals surface area (Å²) in [4.78, 5) is 30.8. The second-order valence-corrected chi connectivity index (χ2v) is 7.95. The van der Waals surface area contributed by atoms with Crippen LogP contribution in [0.5, 0.6) is 11.5 Å². The molecule has 7 heteroatoms. The lowest BCUT2D eigenvalue weighted by Crippen LogP contribution is -2.36. The van der Waals surface area contributed by atoms with Crippen LogP contribution in [-0.2, 0) is 13.0 Å². The second kappa shape index (κ2) is 10.8. The van der Waals surface area contributed by atoms with Crippen LogP contribution >= 0.6 is 0 Å². The molecule has 7 nitrogen and oxygen atoms in total. The Kier molecular flexibility index (Phi) is 7.87. The number of nitrogens with one attached hydrogen (secondary N) is 1. The van der Waals surface area contributed by atoms with E-state index in [1.807, 2.05) is 44.2 Å². The normalized spacial score (nSPS) is 11.7. The molecule has 2 aromatic heterocycles. The fraction of sp³-hybridized carbons (Fsp3) is 0.346.